The molecule has 11 heteroatoms. The molecule has 168 valence electrons. The second-order valence-electron chi connectivity index (χ2n) is 6.71. The minimum absolute atomic E-state index is 0.0597. The Morgan fingerprint density at radius 3 is 2.26 bits per heavy atom. The first kappa shape index (κ1) is 24.5. The molecule has 0 amide bonds. The van der Waals surface area contributed by atoms with Gasteiger partial charge in [-0.15, -0.1) is 0 Å². The van der Waals surface area contributed by atoms with Gasteiger partial charge in [-0.25, -0.2) is 13.2 Å². The number of hydrogen-bond donors (Lipinski definition) is 0. The lowest BCUT2D eigenvalue weighted by atomic mass is 10.0. The Kier molecular flexibility index (Phi) is 7.28. The van der Waals surface area contributed by atoms with Crippen LogP contribution < -0.4 is 4.74 Å². The molecular formula is C20H19ClF3NO5S. The van der Waals surface area contributed by atoms with Gasteiger partial charge in [-0.05, 0) is 42.0 Å². The first-order valence-electron chi connectivity index (χ1n) is 8.59. The summed E-state index contributed by atoms with van der Waals surface area (Å²) >= 11 is 6.06. The first-order valence-corrected chi connectivity index (χ1v) is 10.9. The average Bonchev–Trinajstić information content (AvgIpc) is 2.65. The van der Waals surface area contributed by atoms with Crippen LogP contribution in [0.1, 0.15) is 11.1 Å². The maximum Gasteiger partial charge on any atom is 0.416 e. The van der Waals surface area contributed by atoms with Gasteiger partial charge < -0.3 is 14.4 Å². The highest BCUT2D eigenvalue weighted by atomic mass is 35.5. The zero-order chi connectivity index (χ0) is 23.6. The van der Waals surface area contributed by atoms with Crippen molar-refractivity contribution < 1.29 is 35.9 Å². The molecule has 2 aromatic rings. The van der Waals surface area contributed by atoms with Crippen LogP contribution in [0.15, 0.2) is 47.5 Å². The highest BCUT2D eigenvalue weighted by molar-refractivity contribution is 7.90. The Bertz CT molecular complexity index is 1130. The second-order valence-corrected chi connectivity index (χ2v) is 9.13. The molecule has 0 aromatic heterocycles. The molecule has 0 radical (unpaired) electrons. The van der Waals surface area contributed by atoms with E-state index >= 15 is 0 Å². The zero-order valence-corrected chi connectivity index (χ0v) is 18.5. The van der Waals surface area contributed by atoms with Gasteiger partial charge in [0.05, 0.1) is 28.2 Å². The SMILES string of the molecule is COC(=O)/C(=C\N(C)C)c1cc(Oc2ccc(S(C)(=O)=O)cc2Cl)cc(C(F)(F)F)c1. The van der Waals surface area contributed by atoms with Crippen molar-refractivity contribution in [3.8, 4) is 11.5 Å². The van der Waals surface area contributed by atoms with Crippen molar-refractivity contribution in [1.82, 2.24) is 4.90 Å². The molecule has 31 heavy (non-hydrogen) atoms. The lowest BCUT2D eigenvalue weighted by Gasteiger charge is -2.16. The van der Waals surface area contributed by atoms with E-state index < -0.39 is 27.5 Å². The van der Waals surface area contributed by atoms with Crippen molar-refractivity contribution in [2.45, 2.75) is 11.1 Å². The van der Waals surface area contributed by atoms with Crippen molar-refractivity contribution in [2.75, 3.05) is 27.5 Å². The first-order chi connectivity index (χ1) is 14.2. The number of methoxy groups -OCH3 is 1. The Hall–Kier alpha value is -2.72. The maximum atomic E-state index is 13.5. The van der Waals surface area contributed by atoms with Crippen LogP contribution in [0.3, 0.4) is 0 Å². The van der Waals surface area contributed by atoms with Crippen LogP contribution in [0.5, 0.6) is 11.5 Å². The van der Waals surface area contributed by atoms with Crippen LogP contribution in [-0.2, 0) is 25.5 Å². The van der Waals surface area contributed by atoms with E-state index in [1.165, 1.54) is 29.3 Å². The fraction of sp³-hybridized carbons (Fsp3) is 0.250. The Morgan fingerprint density at radius 1 is 1.13 bits per heavy atom. The number of rotatable bonds is 6. The van der Waals surface area contributed by atoms with Crippen LogP contribution >= 0.6 is 11.6 Å². The fourth-order valence-electron chi connectivity index (χ4n) is 2.51. The normalized spacial score (nSPS) is 12.5. The van der Waals surface area contributed by atoms with Crippen molar-refractivity contribution in [1.29, 1.82) is 0 Å². The summed E-state index contributed by atoms with van der Waals surface area (Å²) in [5, 5.41) is -0.112. The molecular weight excluding hydrogens is 459 g/mol. The van der Waals surface area contributed by atoms with Gasteiger partial charge in [0.2, 0.25) is 0 Å². The topological polar surface area (TPSA) is 72.9 Å². The summed E-state index contributed by atoms with van der Waals surface area (Å²) in [6, 6.07) is 6.35. The van der Waals surface area contributed by atoms with Gasteiger partial charge in [0.25, 0.3) is 0 Å². The molecule has 2 rings (SSSR count). The standard InChI is InChI=1S/C20H19ClF3NO5S/c1-25(2)11-16(19(26)29-3)12-7-13(20(22,23)24)9-14(8-12)30-18-6-5-15(10-17(18)21)31(4,27)28/h5-11H,1-4H3/b16-11-. The van der Waals surface area contributed by atoms with Gasteiger partial charge >= 0.3 is 12.1 Å². The van der Waals surface area contributed by atoms with Crippen LogP contribution in [0.25, 0.3) is 5.57 Å². The van der Waals surface area contributed by atoms with Gasteiger partial charge in [-0.1, -0.05) is 11.6 Å². The van der Waals surface area contributed by atoms with Crippen molar-refractivity contribution in [3.63, 3.8) is 0 Å². The Labute approximate surface area is 182 Å². The van der Waals surface area contributed by atoms with E-state index in [1.807, 2.05) is 0 Å². The predicted molar refractivity (Wildman–Crippen MR) is 110 cm³/mol. The number of esters is 1. The highest BCUT2D eigenvalue weighted by Gasteiger charge is 2.32. The maximum absolute atomic E-state index is 13.5. The van der Waals surface area contributed by atoms with Crippen LogP contribution in [-0.4, -0.2) is 46.7 Å². The van der Waals surface area contributed by atoms with Crippen LogP contribution in [0.2, 0.25) is 5.02 Å². The molecule has 0 N–H and O–H groups in total. The number of nitrogens with zero attached hydrogens (tertiary/aromatic N) is 1. The molecule has 0 bridgehead atoms. The van der Waals surface area contributed by atoms with Gasteiger partial charge in [0.15, 0.2) is 9.84 Å². The van der Waals surface area contributed by atoms with Gasteiger partial charge in [0, 0.05) is 26.6 Å². The Morgan fingerprint density at radius 2 is 1.77 bits per heavy atom. The highest BCUT2D eigenvalue weighted by Crippen LogP contribution is 2.38. The van der Waals surface area contributed by atoms with E-state index in [-0.39, 0.29) is 32.6 Å². The number of hydrogen-bond acceptors (Lipinski definition) is 6. The fourth-order valence-corrected chi connectivity index (χ4v) is 3.44. The molecule has 6 nitrogen and oxygen atoms in total. The van der Waals surface area contributed by atoms with Crippen molar-refractivity contribution in [2.24, 2.45) is 0 Å². The largest absolute Gasteiger partial charge is 0.465 e. The molecule has 0 saturated heterocycles. The molecule has 0 unspecified atom stereocenters. The number of alkyl halides is 3. The summed E-state index contributed by atoms with van der Waals surface area (Å²) in [7, 11) is 0.764. The average molecular weight is 478 g/mol. The number of halogens is 4. The third-order valence-corrected chi connectivity index (χ3v) is 5.30. The predicted octanol–water partition coefficient (Wildman–Crippen LogP) is 4.63. The van der Waals surface area contributed by atoms with E-state index in [2.05, 4.69) is 4.74 Å². The molecule has 0 saturated carbocycles. The van der Waals surface area contributed by atoms with Gasteiger partial charge in [0.1, 0.15) is 11.5 Å². The molecule has 0 heterocycles. The van der Waals surface area contributed by atoms with E-state index in [4.69, 9.17) is 16.3 Å². The van der Waals surface area contributed by atoms with E-state index in [0.717, 1.165) is 31.6 Å². The summed E-state index contributed by atoms with van der Waals surface area (Å²) in [4.78, 5) is 13.6. The monoisotopic (exact) mass is 477 g/mol. The van der Waals surface area contributed by atoms with E-state index in [9.17, 15) is 26.4 Å². The quantitative estimate of drug-likeness (QED) is 0.446. The zero-order valence-electron chi connectivity index (χ0n) is 17.0. The third-order valence-electron chi connectivity index (χ3n) is 3.90. The molecule has 0 atom stereocenters. The minimum Gasteiger partial charge on any atom is -0.465 e. The van der Waals surface area contributed by atoms with E-state index in [0.29, 0.717) is 0 Å². The summed E-state index contributed by atoms with van der Waals surface area (Å²) in [5.41, 5.74) is -1.27. The number of ether oxygens (including phenoxy) is 2. The molecule has 0 aliphatic carbocycles. The molecule has 0 fully saturated rings. The second kappa shape index (κ2) is 9.19. The lowest BCUT2D eigenvalue weighted by Crippen LogP contribution is -2.12. The van der Waals surface area contributed by atoms with Crippen molar-refractivity contribution in [3.05, 3.63) is 58.7 Å². The number of sulfone groups is 1. The summed E-state index contributed by atoms with van der Waals surface area (Å²) in [5.74, 6) is -1.16. The minimum atomic E-state index is -4.72. The number of carbonyl (C=O) groups is 1. The van der Waals surface area contributed by atoms with Gasteiger partial charge in [-0.3, -0.25) is 0 Å². The van der Waals surface area contributed by atoms with Crippen molar-refractivity contribution >= 4 is 33.0 Å². The summed E-state index contributed by atoms with van der Waals surface area (Å²) in [6.45, 7) is 0. The lowest BCUT2D eigenvalue weighted by molar-refractivity contribution is -0.138. The smallest absolute Gasteiger partial charge is 0.416 e. The van der Waals surface area contributed by atoms with E-state index in [1.54, 1.807) is 14.1 Å². The molecule has 0 aliphatic rings. The molecule has 0 spiro atoms. The van der Waals surface area contributed by atoms with Crippen LogP contribution in [0.4, 0.5) is 13.2 Å². The molecule has 2 aromatic carbocycles. The number of benzene rings is 2. The summed E-state index contributed by atoms with van der Waals surface area (Å²) < 4.78 is 73.8. The van der Waals surface area contributed by atoms with Gasteiger partial charge in [-0.2, -0.15) is 13.2 Å². The number of carbonyl (C=O) groups excluding carboxylic acids is 1. The molecule has 0 aliphatic heterocycles. The van der Waals surface area contributed by atoms with Crippen LogP contribution in [0, 0.1) is 0 Å². The third kappa shape index (κ3) is 6.38. The summed E-state index contributed by atoms with van der Waals surface area (Å²) in [6.07, 6.45) is -2.42. The Balaban J connectivity index is 2.61.